The van der Waals surface area contributed by atoms with E-state index in [2.05, 4.69) is 9.71 Å². The average Bonchev–Trinajstić information content (AvgIpc) is 3.03. The molecule has 0 spiro atoms. The summed E-state index contributed by atoms with van der Waals surface area (Å²) >= 11 is 7.20. The molecule has 0 aliphatic carbocycles. The van der Waals surface area contributed by atoms with E-state index in [1.807, 2.05) is 0 Å². The van der Waals surface area contributed by atoms with Crippen LogP contribution in [-0.4, -0.2) is 18.3 Å². The minimum Gasteiger partial charge on any atom is -0.258 e. The number of hydrogen-bond acceptors (Lipinski definition) is 6. The first-order valence-electron chi connectivity index (χ1n) is 6.84. The Balaban J connectivity index is 1.89. The monoisotopic (exact) mass is 395 g/mol. The van der Waals surface area contributed by atoms with E-state index in [4.69, 9.17) is 11.6 Å². The summed E-state index contributed by atoms with van der Waals surface area (Å²) in [6.45, 7) is 0. The third-order valence-corrected chi connectivity index (χ3v) is 5.77. The summed E-state index contributed by atoms with van der Waals surface area (Å²) in [6, 6.07) is 11.9. The van der Waals surface area contributed by atoms with Crippen LogP contribution >= 0.6 is 22.9 Å². The number of hydrogen-bond donors (Lipinski definition) is 1. The number of nitrogens with one attached hydrogen (secondary N) is 1. The molecule has 0 bridgehead atoms. The topological polar surface area (TPSA) is 102 Å². The normalized spacial score (nSPS) is 11.2. The number of sulfonamides is 1. The summed E-state index contributed by atoms with van der Waals surface area (Å²) in [5.74, 6) is 0. The molecule has 25 heavy (non-hydrogen) atoms. The highest BCUT2D eigenvalue weighted by Gasteiger charge is 2.19. The van der Waals surface area contributed by atoms with Crippen molar-refractivity contribution in [1.29, 1.82) is 0 Å². The van der Waals surface area contributed by atoms with Crippen LogP contribution in [0, 0.1) is 10.1 Å². The number of aromatic nitrogens is 1. The molecule has 0 radical (unpaired) electrons. The van der Waals surface area contributed by atoms with Crippen molar-refractivity contribution in [2.75, 3.05) is 4.72 Å². The number of thiazole rings is 1. The number of halogens is 1. The van der Waals surface area contributed by atoms with Crippen molar-refractivity contribution >= 4 is 43.8 Å². The van der Waals surface area contributed by atoms with Crippen LogP contribution in [0.4, 0.5) is 10.8 Å². The largest absolute Gasteiger partial charge is 0.270 e. The molecule has 7 nitrogen and oxygen atoms in total. The Labute approximate surface area is 152 Å². The summed E-state index contributed by atoms with van der Waals surface area (Å²) in [5.41, 5.74) is 0.910. The standard InChI is InChI=1S/C15H10ClN3O4S2/c16-13-7-2-1-6-12(13)14-9-24-15(17-14)18-25(22,23)11-5-3-4-10(8-11)19(20)21/h1-9H,(H,17,18). The van der Waals surface area contributed by atoms with E-state index < -0.39 is 14.9 Å². The van der Waals surface area contributed by atoms with Gasteiger partial charge in [-0.15, -0.1) is 11.3 Å². The molecule has 2 aromatic carbocycles. The first-order chi connectivity index (χ1) is 11.9. The molecule has 10 heteroatoms. The van der Waals surface area contributed by atoms with Crippen LogP contribution in [0.2, 0.25) is 5.02 Å². The van der Waals surface area contributed by atoms with E-state index >= 15 is 0 Å². The average molecular weight is 396 g/mol. The van der Waals surface area contributed by atoms with E-state index in [1.54, 1.807) is 29.6 Å². The third kappa shape index (κ3) is 3.78. The number of nitro benzene ring substituents is 1. The molecule has 1 heterocycles. The highest BCUT2D eigenvalue weighted by Crippen LogP contribution is 2.31. The van der Waals surface area contributed by atoms with Gasteiger partial charge < -0.3 is 0 Å². The minimum absolute atomic E-state index is 0.140. The van der Waals surface area contributed by atoms with Gasteiger partial charge in [-0.2, -0.15) is 0 Å². The molecule has 0 saturated carbocycles. The SMILES string of the molecule is O=[N+]([O-])c1cccc(S(=O)(=O)Nc2nc(-c3ccccc3Cl)cs2)c1. The summed E-state index contributed by atoms with van der Waals surface area (Å²) in [7, 11) is -3.99. The molecule has 3 rings (SSSR count). The Kier molecular flexibility index (Phi) is 4.71. The van der Waals surface area contributed by atoms with Gasteiger partial charge in [-0.25, -0.2) is 13.4 Å². The zero-order chi connectivity index (χ0) is 18.0. The third-order valence-electron chi connectivity index (χ3n) is 3.21. The Bertz CT molecular complexity index is 1050. The van der Waals surface area contributed by atoms with Crippen LogP contribution in [0.5, 0.6) is 0 Å². The molecular weight excluding hydrogens is 386 g/mol. The Morgan fingerprint density at radius 1 is 1.16 bits per heavy atom. The summed E-state index contributed by atoms with van der Waals surface area (Å²) < 4.78 is 27.1. The molecule has 3 aromatic rings. The Hall–Kier alpha value is -2.49. The van der Waals surface area contributed by atoms with Gasteiger partial charge in [-0.3, -0.25) is 14.8 Å². The fourth-order valence-electron chi connectivity index (χ4n) is 2.05. The number of rotatable bonds is 5. The number of nitro groups is 1. The smallest absolute Gasteiger partial charge is 0.258 e. The van der Waals surface area contributed by atoms with Crippen molar-refractivity contribution in [3.63, 3.8) is 0 Å². The van der Waals surface area contributed by atoms with Crippen molar-refractivity contribution in [1.82, 2.24) is 4.98 Å². The van der Waals surface area contributed by atoms with E-state index in [-0.39, 0.29) is 15.7 Å². The maximum Gasteiger partial charge on any atom is 0.270 e. The molecule has 0 unspecified atom stereocenters. The molecule has 0 amide bonds. The van der Waals surface area contributed by atoms with Crippen LogP contribution in [-0.2, 0) is 10.0 Å². The van der Waals surface area contributed by atoms with Crippen molar-refractivity contribution < 1.29 is 13.3 Å². The van der Waals surface area contributed by atoms with E-state index in [9.17, 15) is 18.5 Å². The van der Waals surface area contributed by atoms with Crippen LogP contribution in [0.1, 0.15) is 0 Å². The van der Waals surface area contributed by atoms with Crippen LogP contribution in [0.3, 0.4) is 0 Å². The first kappa shape index (κ1) is 17.3. The maximum absolute atomic E-state index is 12.4. The van der Waals surface area contributed by atoms with Crippen molar-refractivity contribution in [2.45, 2.75) is 4.90 Å². The summed E-state index contributed by atoms with van der Waals surface area (Å²) in [5, 5.41) is 13.1. The number of benzene rings is 2. The van der Waals surface area contributed by atoms with Gasteiger partial charge in [0.25, 0.3) is 15.7 Å². The molecule has 0 fully saturated rings. The second kappa shape index (κ2) is 6.79. The van der Waals surface area contributed by atoms with Gasteiger partial charge in [0.1, 0.15) is 0 Å². The highest BCUT2D eigenvalue weighted by molar-refractivity contribution is 7.93. The molecular formula is C15H10ClN3O4S2. The molecule has 1 aromatic heterocycles. The van der Waals surface area contributed by atoms with Crippen LogP contribution < -0.4 is 4.72 Å². The van der Waals surface area contributed by atoms with Crippen LogP contribution in [0.25, 0.3) is 11.3 Å². The Morgan fingerprint density at radius 3 is 2.64 bits per heavy atom. The van der Waals surface area contributed by atoms with Gasteiger partial charge in [-0.05, 0) is 12.1 Å². The van der Waals surface area contributed by atoms with Gasteiger partial charge in [0, 0.05) is 28.1 Å². The van der Waals surface area contributed by atoms with Gasteiger partial charge in [-0.1, -0.05) is 35.9 Å². The van der Waals surface area contributed by atoms with Crippen LogP contribution in [0.15, 0.2) is 58.8 Å². The quantitative estimate of drug-likeness (QED) is 0.515. The number of anilines is 1. The van der Waals surface area contributed by atoms with Gasteiger partial charge in [0.2, 0.25) is 0 Å². The van der Waals surface area contributed by atoms with E-state index in [1.165, 1.54) is 18.2 Å². The highest BCUT2D eigenvalue weighted by atomic mass is 35.5. The summed E-state index contributed by atoms with van der Waals surface area (Å²) in [6.07, 6.45) is 0. The van der Waals surface area contributed by atoms with E-state index in [0.29, 0.717) is 16.3 Å². The second-order valence-corrected chi connectivity index (χ2v) is 7.83. The predicted molar refractivity (Wildman–Crippen MR) is 96.5 cm³/mol. The lowest BCUT2D eigenvalue weighted by molar-refractivity contribution is -0.385. The molecule has 0 saturated heterocycles. The lowest BCUT2D eigenvalue weighted by atomic mass is 10.2. The molecule has 0 aliphatic rings. The molecule has 1 N–H and O–H groups in total. The fourth-order valence-corrected chi connectivity index (χ4v) is 4.29. The van der Waals surface area contributed by atoms with Gasteiger partial charge >= 0.3 is 0 Å². The lowest BCUT2D eigenvalue weighted by Crippen LogP contribution is -2.13. The van der Waals surface area contributed by atoms with Gasteiger partial charge in [0.05, 0.1) is 15.5 Å². The molecule has 0 aliphatic heterocycles. The Morgan fingerprint density at radius 2 is 1.92 bits per heavy atom. The summed E-state index contributed by atoms with van der Waals surface area (Å²) in [4.78, 5) is 14.2. The van der Waals surface area contributed by atoms with E-state index in [0.717, 1.165) is 17.4 Å². The number of nitrogens with zero attached hydrogens (tertiary/aromatic N) is 2. The van der Waals surface area contributed by atoms with Crippen molar-refractivity contribution in [2.24, 2.45) is 0 Å². The zero-order valence-corrected chi connectivity index (χ0v) is 14.8. The molecule has 0 atom stereocenters. The maximum atomic E-state index is 12.4. The number of non-ortho nitro benzene ring substituents is 1. The fraction of sp³-hybridized carbons (Fsp3) is 0. The predicted octanol–water partition coefficient (Wildman–Crippen LogP) is 4.17. The zero-order valence-electron chi connectivity index (χ0n) is 12.4. The first-order valence-corrected chi connectivity index (χ1v) is 9.58. The van der Waals surface area contributed by atoms with Gasteiger partial charge in [0.15, 0.2) is 5.13 Å². The lowest BCUT2D eigenvalue weighted by Gasteiger charge is -2.05. The van der Waals surface area contributed by atoms with Crippen molar-refractivity contribution in [3.05, 3.63) is 69.0 Å². The molecule has 128 valence electrons. The van der Waals surface area contributed by atoms with Crippen molar-refractivity contribution in [3.8, 4) is 11.3 Å². The second-order valence-electron chi connectivity index (χ2n) is 4.88. The minimum atomic E-state index is -3.99.